The van der Waals surface area contributed by atoms with Crippen molar-refractivity contribution in [3.8, 4) is 0 Å². The molecule has 0 aliphatic carbocycles. The fraction of sp³-hybridized carbons (Fsp3) is 1.00. The van der Waals surface area contributed by atoms with Gasteiger partial charge in [0.25, 0.3) is 0 Å². The lowest BCUT2D eigenvalue weighted by atomic mass is 9.88. The van der Waals surface area contributed by atoms with E-state index in [0.29, 0.717) is 0 Å². The van der Waals surface area contributed by atoms with Crippen LogP contribution in [0.1, 0.15) is 13.3 Å². The van der Waals surface area contributed by atoms with Crippen LogP contribution < -0.4 is 5.32 Å². The van der Waals surface area contributed by atoms with Crippen LogP contribution in [0, 0.1) is 11.8 Å². The normalized spacial score (nSPS) is 31.6. The van der Waals surface area contributed by atoms with Crippen LogP contribution in [0.5, 0.6) is 0 Å². The minimum atomic E-state index is -4.70. The Kier molecular flexibility index (Phi) is 4.29. The average Bonchev–Trinajstić information content (AvgIpc) is 2.15. The molecule has 0 aromatic heterocycles. The summed E-state index contributed by atoms with van der Waals surface area (Å²) in [5.74, 6) is -4.10. The SMILES string of the molecule is CCOC1NCC(C(F)(F)F)CC1C(F)(F)F. The fourth-order valence-corrected chi connectivity index (χ4v) is 1.82. The maximum atomic E-state index is 12.6. The van der Waals surface area contributed by atoms with Crippen molar-refractivity contribution in [1.82, 2.24) is 5.32 Å². The lowest BCUT2D eigenvalue weighted by Gasteiger charge is -2.38. The van der Waals surface area contributed by atoms with Crippen molar-refractivity contribution in [2.24, 2.45) is 11.8 Å². The van der Waals surface area contributed by atoms with Crippen molar-refractivity contribution in [2.45, 2.75) is 31.9 Å². The lowest BCUT2D eigenvalue weighted by molar-refractivity contribution is -0.250. The summed E-state index contributed by atoms with van der Waals surface area (Å²) in [5.41, 5.74) is 0. The molecule has 2 nitrogen and oxygen atoms in total. The molecule has 0 saturated carbocycles. The van der Waals surface area contributed by atoms with Gasteiger partial charge in [-0.2, -0.15) is 26.3 Å². The molecule has 3 unspecified atom stereocenters. The Hall–Kier alpha value is -0.500. The third kappa shape index (κ3) is 3.74. The quantitative estimate of drug-likeness (QED) is 0.775. The highest BCUT2D eigenvalue weighted by molar-refractivity contribution is 4.87. The third-order valence-electron chi connectivity index (χ3n) is 2.70. The van der Waals surface area contributed by atoms with Gasteiger partial charge in [0.05, 0.1) is 11.8 Å². The van der Waals surface area contributed by atoms with Gasteiger partial charge in [0, 0.05) is 13.2 Å². The van der Waals surface area contributed by atoms with E-state index >= 15 is 0 Å². The molecular formula is C9H13F6NO. The molecule has 0 bridgehead atoms. The summed E-state index contributed by atoms with van der Waals surface area (Å²) >= 11 is 0. The summed E-state index contributed by atoms with van der Waals surface area (Å²) in [4.78, 5) is 0. The minimum Gasteiger partial charge on any atom is -0.363 e. The van der Waals surface area contributed by atoms with Crippen LogP contribution in [0.4, 0.5) is 26.3 Å². The summed E-state index contributed by atoms with van der Waals surface area (Å²) in [5, 5.41) is 2.17. The van der Waals surface area contributed by atoms with Gasteiger partial charge in [-0.15, -0.1) is 0 Å². The zero-order chi connectivity index (χ0) is 13.3. The first kappa shape index (κ1) is 14.6. The van der Waals surface area contributed by atoms with E-state index in [1.54, 1.807) is 0 Å². The largest absolute Gasteiger partial charge is 0.395 e. The van der Waals surface area contributed by atoms with E-state index in [2.05, 4.69) is 5.32 Å². The van der Waals surface area contributed by atoms with Crippen LogP contribution in [0.25, 0.3) is 0 Å². The second-order valence-corrected chi connectivity index (χ2v) is 3.91. The predicted octanol–water partition coefficient (Wildman–Crippen LogP) is 2.70. The first-order valence-electron chi connectivity index (χ1n) is 5.14. The zero-order valence-corrected chi connectivity index (χ0v) is 9.03. The van der Waals surface area contributed by atoms with Crippen LogP contribution in [0.3, 0.4) is 0 Å². The van der Waals surface area contributed by atoms with E-state index in [1.807, 2.05) is 0 Å². The van der Waals surface area contributed by atoms with Crippen molar-refractivity contribution >= 4 is 0 Å². The number of piperidine rings is 1. The number of halogens is 6. The van der Waals surface area contributed by atoms with Gasteiger partial charge in [-0.1, -0.05) is 0 Å². The molecule has 0 aromatic carbocycles. The van der Waals surface area contributed by atoms with Crippen molar-refractivity contribution in [3.05, 3.63) is 0 Å². The summed E-state index contributed by atoms with van der Waals surface area (Å²) in [7, 11) is 0. The van der Waals surface area contributed by atoms with Gasteiger partial charge in [-0.25, -0.2) is 0 Å². The Labute approximate surface area is 94.3 Å². The highest BCUT2D eigenvalue weighted by atomic mass is 19.4. The Morgan fingerprint density at radius 3 is 2.12 bits per heavy atom. The van der Waals surface area contributed by atoms with Gasteiger partial charge in [-0.3, -0.25) is 5.32 Å². The van der Waals surface area contributed by atoms with Crippen molar-refractivity contribution in [1.29, 1.82) is 0 Å². The van der Waals surface area contributed by atoms with Crippen LogP contribution in [0.2, 0.25) is 0 Å². The molecular weight excluding hydrogens is 252 g/mol. The van der Waals surface area contributed by atoms with E-state index < -0.39 is 43.4 Å². The number of hydrogen-bond acceptors (Lipinski definition) is 2. The van der Waals surface area contributed by atoms with Crippen LogP contribution in [-0.4, -0.2) is 31.7 Å². The standard InChI is InChI=1S/C9H13F6NO/c1-2-17-7-6(9(13,14)15)3-5(4-16-7)8(10,11)12/h5-7,16H,2-4H2,1H3. The molecule has 1 heterocycles. The first-order chi connectivity index (χ1) is 7.66. The van der Waals surface area contributed by atoms with Gasteiger partial charge < -0.3 is 4.74 Å². The molecule has 1 saturated heterocycles. The summed E-state index contributed by atoms with van der Waals surface area (Å²) in [6.07, 6.45) is -11.7. The van der Waals surface area contributed by atoms with Crippen LogP contribution >= 0.6 is 0 Å². The summed E-state index contributed by atoms with van der Waals surface area (Å²) < 4.78 is 79.7. The molecule has 1 N–H and O–H groups in total. The van der Waals surface area contributed by atoms with E-state index in [0.717, 1.165) is 0 Å². The third-order valence-corrected chi connectivity index (χ3v) is 2.70. The molecule has 0 radical (unpaired) electrons. The fourth-order valence-electron chi connectivity index (χ4n) is 1.82. The lowest BCUT2D eigenvalue weighted by Crippen LogP contribution is -2.54. The highest BCUT2D eigenvalue weighted by Gasteiger charge is 2.53. The van der Waals surface area contributed by atoms with Crippen molar-refractivity contribution < 1.29 is 31.1 Å². The molecule has 1 fully saturated rings. The molecule has 17 heavy (non-hydrogen) atoms. The maximum Gasteiger partial charge on any atom is 0.395 e. The van der Waals surface area contributed by atoms with Gasteiger partial charge in [0.2, 0.25) is 0 Å². The van der Waals surface area contributed by atoms with Gasteiger partial charge >= 0.3 is 12.4 Å². The van der Waals surface area contributed by atoms with E-state index in [-0.39, 0.29) is 6.61 Å². The summed E-state index contributed by atoms with van der Waals surface area (Å²) in [6, 6.07) is 0. The molecule has 1 aliphatic heterocycles. The number of alkyl halides is 6. The second-order valence-electron chi connectivity index (χ2n) is 3.91. The Balaban J connectivity index is 2.77. The van der Waals surface area contributed by atoms with Gasteiger partial charge in [0.1, 0.15) is 6.23 Å². The van der Waals surface area contributed by atoms with Crippen LogP contribution in [-0.2, 0) is 4.74 Å². The number of rotatable bonds is 2. The molecule has 0 aromatic rings. The predicted molar refractivity (Wildman–Crippen MR) is 47.1 cm³/mol. The topological polar surface area (TPSA) is 21.3 Å². The number of hydrogen-bond donors (Lipinski definition) is 1. The average molecular weight is 265 g/mol. The molecule has 102 valence electrons. The minimum absolute atomic E-state index is 0.0148. The molecule has 0 amide bonds. The Morgan fingerprint density at radius 2 is 1.71 bits per heavy atom. The van der Waals surface area contributed by atoms with E-state index in [9.17, 15) is 26.3 Å². The van der Waals surface area contributed by atoms with Crippen molar-refractivity contribution in [3.63, 3.8) is 0 Å². The van der Waals surface area contributed by atoms with Crippen molar-refractivity contribution in [2.75, 3.05) is 13.2 Å². The number of nitrogens with one attached hydrogen (secondary N) is 1. The van der Waals surface area contributed by atoms with Crippen LogP contribution in [0.15, 0.2) is 0 Å². The highest BCUT2D eigenvalue weighted by Crippen LogP contribution is 2.41. The molecule has 1 aliphatic rings. The van der Waals surface area contributed by atoms with Gasteiger partial charge in [0.15, 0.2) is 0 Å². The smallest absolute Gasteiger partial charge is 0.363 e. The molecule has 8 heteroatoms. The number of ether oxygens (including phenoxy) is 1. The second kappa shape index (κ2) is 5.01. The zero-order valence-electron chi connectivity index (χ0n) is 9.03. The van der Waals surface area contributed by atoms with Gasteiger partial charge in [-0.05, 0) is 13.3 Å². The summed E-state index contributed by atoms with van der Waals surface area (Å²) in [6.45, 7) is 0.965. The Morgan fingerprint density at radius 1 is 1.12 bits per heavy atom. The Bertz CT molecular complexity index is 251. The van der Waals surface area contributed by atoms with E-state index in [4.69, 9.17) is 4.74 Å². The maximum absolute atomic E-state index is 12.6. The first-order valence-corrected chi connectivity index (χ1v) is 5.14. The monoisotopic (exact) mass is 265 g/mol. The molecule has 0 spiro atoms. The molecule has 3 atom stereocenters. The van der Waals surface area contributed by atoms with E-state index in [1.165, 1.54) is 6.92 Å². The molecule has 1 rings (SSSR count).